The van der Waals surface area contributed by atoms with Crippen LogP contribution in [0.4, 0.5) is 14.5 Å². The number of halogens is 3. The first-order valence-corrected chi connectivity index (χ1v) is 6.98. The minimum Gasteiger partial charge on any atom is -0.351 e. The zero-order valence-electron chi connectivity index (χ0n) is 10.3. The molecule has 1 amide bonds. The maximum atomic E-state index is 13.8. The van der Waals surface area contributed by atoms with Gasteiger partial charge in [-0.25, -0.2) is 4.39 Å². The van der Waals surface area contributed by atoms with E-state index in [-0.39, 0.29) is 5.41 Å². The van der Waals surface area contributed by atoms with E-state index < -0.39 is 33.7 Å². The van der Waals surface area contributed by atoms with E-state index in [1.54, 1.807) is 0 Å². The van der Waals surface area contributed by atoms with Gasteiger partial charge in [-0.3, -0.25) is 14.9 Å². The van der Waals surface area contributed by atoms with E-state index in [9.17, 15) is 23.7 Å². The van der Waals surface area contributed by atoms with E-state index in [0.717, 1.165) is 12.8 Å². The van der Waals surface area contributed by atoms with Crippen LogP contribution in [0.5, 0.6) is 0 Å². The predicted octanol–water partition coefficient (Wildman–Crippen LogP) is 2.78. The molecule has 1 aromatic carbocycles. The van der Waals surface area contributed by atoms with Gasteiger partial charge in [-0.15, -0.1) is 0 Å². The third-order valence-corrected chi connectivity index (χ3v) is 4.51. The van der Waals surface area contributed by atoms with Crippen LogP contribution in [-0.4, -0.2) is 22.7 Å². The van der Waals surface area contributed by atoms with Gasteiger partial charge in [0.15, 0.2) is 0 Å². The molecule has 0 radical (unpaired) electrons. The summed E-state index contributed by atoms with van der Waals surface area (Å²) >= 11 is 3.32. The van der Waals surface area contributed by atoms with Gasteiger partial charge in [-0.05, 0) is 24.3 Å². The predicted molar refractivity (Wildman–Crippen MR) is 70.8 cm³/mol. The zero-order valence-corrected chi connectivity index (χ0v) is 11.9. The molecule has 5 nitrogen and oxygen atoms in total. The Balaban J connectivity index is 2.19. The van der Waals surface area contributed by atoms with Crippen LogP contribution in [0.1, 0.15) is 23.2 Å². The molecule has 20 heavy (non-hydrogen) atoms. The summed E-state index contributed by atoms with van der Waals surface area (Å²) in [7, 11) is 0. The van der Waals surface area contributed by atoms with E-state index in [4.69, 9.17) is 0 Å². The summed E-state index contributed by atoms with van der Waals surface area (Å²) in [5, 5.41) is 13.8. The molecule has 0 aromatic heterocycles. The summed E-state index contributed by atoms with van der Waals surface area (Å²) < 4.78 is 27.0. The van der Waals surface area contributed by atoms with Crippen molar-refractivity contribution in [3.8, 4) is 0 Å². The molecule has 1 aliphatic rings. The van der Waals surface area contributed by atoms with Crippen LogP contribution in [0.15, 0.2) is 12.1 Å². The molecule has 0 unspecified atom stereocenters. The Morgan fingerprint density at radius 2 is 2.10 bits per heavy atom. The number of nitrogens with zero attached hydrogens (tertiary/aromatic N) is 1. The van der Waals surface area contributed by atoms with E-state index in [1.165, 1.54) is 0 Å². The lowest BCUT2D eigenvalue weighted by Gasteiger charge is -2.13. The van der Waals surface area contributed by atoms with Gasteiger partial charge >= 0.3 is 5.69 Å². The zero-order chi connectivity index (χ0) is 14.9. The first-order valence-electron chi connectivity index (χ1n) is 5.86. The quantitative estimate of drug-likeness (QED) is 0.505. The van der Waals surface area contributed by atoms with Crippen molar-refractivity contribution < 1.29 is 18.5 Å². The monoisotopic (exact) mass is 348 g/mol. The molecule has 0 spiro atoms. The van der Waals surface area contributed by atoms with Crippen LogP contribution >= 0.6 is 15.9 Å². The van der Waals surface area contributed by atoms with Crippen LogP contribution in [0, 0.1) is 27.2 Å². The summed E-state index contributed by atoms with van der Waals surface area (Å²) in [5.74, 6) is -3.19. The van der Waals surface area contributed by atoms with Gasteiger partial charge in [0.05, 0.1) is 16.6 Å². The maximum Gasteiger partial charge on any atom is 0.308 e. The minimum atomic E-state index is -1.32. The molecular formula is C12H11BrF2N2O3. The highest BCUT2D eigenvalue weighted by Gasteiger charge is 2.41. The van der Waals surface area contributed by atoms with Crippen molar-refractivity contribution in [2.75, 3.05) is 11.9 Å². The van der Waals surface area contributed by atoms with E-state index in [2.05, 4.69) is 21.2 Å². The number of benzene rings is 1. The number of hydrogen-bond acceptors (Lipinski definition) is 3. The van der Waals surface area contributed by atoms with Crippen LogP contribution in [-0.2, 0) is 0 Å². The molecule has 108 valence electrons. The number of carbonyl (C=O) groups excluding carboxylic acids is 1. The molecule has 1 fully saturated rings. The van der Waals surface area contributed by atoms with Gasteiger partial charge in [0.1, 0.15) is 5.82 Å². The molecule has 0 atom stereocenters. The molecule has 1 saturated carbocycles. The van der Waals surface area contributed by atoms with E-state index in [0.29, 0.717) is 24.0 Å². The van der Waals surface area contributed by atoms with E-state index >= 15 is 0 Å². The third kappa shape index (κ3) is 2.95. The lowest BCUT2D eigenvalue weighted by molar-refractivity contribution is -0.387. The number of nitrogens with one attached hydrogen (secondary N) is 1. The topological polar surface area (TPSA) is 72.2 Å². The van der Waals surface area contributed by atoms with Gasteiger partial charge in [-0.1, -0.05) is 15.9 Å². The average molecular weight is 349 g/mol. The summed E-state index contributed by atoms with van der Waals surface area (Å²) in [6.45, 7) is 0.320. The second-order valence-corrected chi connectivity index (χ2v) is 5.42. The third-order valence-electron chi connectivity index (χ3n) is 3.32. The standard InChI is InChI=1S/C12H11BrF2N2O3/c13-5-12(1-2-12)6-16-11(18)8-3-7(14)4-9(10(8)15)17(19)20/h3-4H,1-2,5-6H2,(H,16,18). The van der Waals surface area contributed by atoms with Gasteiger partial charge < -0.3 is 5.32 Å². The fraction of sp³-hybridized carbons (Fsp3) is 0.417. The lowest BCUT2D eigenvalue weighted by Crippen LogP contribution is -2.31. The molecule has 0 heterocycles. The van der Waals surface area contributed by atoms with Crippen LogP contribution in [0.2, 0.25) is 0 Å². The number of amides is 1. The fourth-order valence-corrected chi connectivity index (χ4v) is 2.53. The molecule has 8 heteroatoms. The number of rotatable bonds is 5. The van der Waals surface area contributed by atoms with Crippen LogP contribution < -0.4 is 5.32 Å². The Kier molecular flexibility index (Phi) is 4.03. The average Bonchev–Trinajstić information content (AvgIpc) is 3.18. The smallest absolute Gasteiger partial charge is 0.308 e. The maximum absolute atomic E-state index is 13.8. The molecule has 0 bridgehead atoms. The SMILES string of the molecule is O=C(NCC1(CBr)CC1)c1cc(F)cc([N+](=O)[O-])c1F. The van der Waals surface area contributed by atoms with Gasteiger partial charge in [0.2, 0.25) is 5.82 Å². The first-order chi connectivity index (χ1) is 9.38. The second kappa shape index (κ2) is 5.43. The van der Waals surface area contributed by atoms with Gasteiger partial charge in [0.25, 0.3) is 5.91 Å². The normalized spacial score (nSPS) is 15.8. The Bertz CT molecular complexity index is 576. The Hall–Kier alpha value is -1.57. The van der Waals surface area contributed by atoms with Crippen molar-refractivity contribution in [1.29, 1.82) is 0 Å². The van der Waals surface area contributed by atoms with E-state index in [1.807, 2.05) is 0 Å². The molecule has 0 saturated heterocycles. The number of alkyl halides is 1. The van der Waals surface area contributed by atoms with Crippen LogP contribution in [0.25, 0.3) is 0 Å². The van der Waals surface area contributed by atoms with Crippen molar-refractivity contribution in [3.63, 3.8) is 0 Å². The minimum absolute atomic E-state index is 0.0363. The Morgan fingerprint density at radius 3 is 2.60 bits per heavy atom. The summed E-state index contributed by atoms with van der Waals surface area (Å²) in [6, 6.07) is 1.11. The van der Waals surface area contributed by atoms with Crippen molar-refractivity contribution >= 4 is 27.5 Å². The number of hydrogen-bond donors (Lipinski definition) is 1. The summed E-state index contributed by atoms with van der Waals surface area (Å²) in [5.41, 5.74) is -1.73. The van der Waals surface area contributed by atoms with Gasteiger partial charge in [-0.2, -0.15) is 4.39 Å². The van der Waals surface area contributed by atoms with Crippen molar-refractivity contribution in [3.05, 3.63) is 39.4 Å². The summed E-state index contributed by atoms with van der Waals surface area (Å²) in [6.07, 6.45) is 1.87. The number of carbonyl (C=O) groups is 1. The number of nitro groups is 1. The van der Waals surface area contributed by atoms with Crippen molar-refractivity contribution in [2.24, 2.45) is 5.41 Å². The molecule has 0 aliphatic heterocycles. The molecule has 1 N–H and O–H groups in total. The molecular weight excluding hydrogens is 338 g/mol. The highest BCUT2D eigenvalue weighted by molar-refractivity contribution is 9.09. The molecule has 1 aromatic rings. The highest BCUT2D eigenvalue weighted by Crippen LogP contribution is 2.46. The largest absolute Gasteiger partial charge is 0.351 e. The second-order valence-electron chi connectivity index (χ2n) is 4.86. The number of nitro benzene ring substituents is 1. The fourth-order valence-electron chi connectivity index (χ4n) is 1.77. The van der Waals surface area contributed by atoms with Crippen molar-refractivity contribution in [1.82, 2.24) is 5.32 Å². The summed E-state index contributed by atoms with van der Waals surface area (Å²) in [4.78, 5) is 21.4. The highest BCUT2D eigenvalue weighted by atomic mass is 79.9. The lowest BCUT2D eigenvalue weighted by atomic mass is 10.1. The molecule has 2 rings (SSSR count). The Morgan fingerprint density at radius 1 is 1.45 bits per heavy atom. The Labute approximate surface area is 121 Å². The van der Waals surface area contributed by atoms with Crippen molar-refractivity contribution in [2.45, 2.75) is 12.8 Å². The first kappa shape index (κ1) is 14.8. The van der Waals surface area contributed by atoms with Crippen LogP contribution in [0.3, 0.4) is 0 Å². The van der Waals surface area contributed by atoms with Gasteiger partial charge in [0, 0.05) is 11.9 Å². The molecule has 1 aliphatic carbocycles.